The second-order valence-electron chi connectivity index (χ2n) is 10.5. The van der Waals surface area contributed by atoms with Gasteiger partial charge in [0.15, 0.2) is 6.10 Å². The lowest BCUT2D eigenvalue weighted by molar-refractivity contribution is -0.870. The number of ether oxygens (including phenoxy) is 2. The zero-order chi connectivity index (χ0) is 26.0. The third-order valence-corrected chi connectivity index (χ3v) is 6.14. The Morgan fingerprint density at radius 1 is 0.833 bits per heavy atom. The van der Waals surface area contributed by atoms with E-state index in [4.69, 9.17) is 15.2 Å². The zero-order valence-corrected chi connectivity index (χ0v) is 22.2. The summed E-state index contributed by atoms with van der Waals surface area (Å²) in [4.78, 5) is 13.0. The van der Waals surface area contributed by atoms with Crippen LogP contribution in [0.5, 0.6) is 5.75 Å². The van der Waals surface area contributed by atoms with Crippen LogP contribution in [-0.2, 0) is 16.0 Å². The summed E-state index contributed by atoms with van der Waals surface area (Å²) in [5, 5.41) is 0. The fourth-order valence-electron chi connectivity index (χ4n) is 4.02. The maximum Gasteiger partial charge on any atom is 0.324 e. The first-order valence-electron chi connectivity index (χ1n) is 12.8. The Kier molecular flexibility index (Phi) is 10.1. The quantitative estimate of drug-likeness (QED) is 0.197. The highest BCUT2D eigenvalue weighted by atomic mass is 16.5. The number of nitrogens with zero attached hydrogens (tertiary/aromatic N) is 1. The van der Waals surface area contributed by atoms with Gasteiger partial charge in [0.2, 0.25) is 0 Å². The molecule has 0 amide bonds. The molecule has 0 aliphatic rings. The summed E-state index contributed by atoms with van der Waals surface area (Å²) < 4.78 is 12.9. The van der Waals surface area contributed by atoms with Gasteiger partial charge in [-0.3, -0.25) is 4.79 Å². The van der Waals surface area contributed by atoms with Crippen LogP contribution in [0.2, 0.25) is 0 Å². The topological polar surface area (TPSA) is 61.5 Å². The van der Waals surface area contributed by atoms with E-state index in [2.05, 4.69) is 21.1 Å². The lowest BCUT2D eigenvalue weighted by Crippen LogP contribution is -2.35. The van der Waals surface area contributed by atoms with Crippen LogP contribution in [0.1, 0.15) is 47.6 Å². The molecule has 0 fully saturated rings. The maximum atomic E-state index is 13.0. The Morgan fingerprint density at radius 3 is 2.06 bits per heavy atom. The second-order valence-corrected chi connectivity index (χ2v) is 10.5. The number of unbranched alkanes of at least 4 members (excludes halogenated alkanes) is 2. The number of rotatable bonds is 13. The van der Waals surface area contributed by atoms with Crippen molar-refractivity contribution in [3.8, 4) is 5.75 Å². The highest BCUT2D eigenvalue weighted by Crippen LogP contribution is 2.29. The van der Waals surface area contributed by atoms with Crippen molar-refractivity contribution < 1.29 is 18.8 Å². The fraction of sp³-hybridized carbons (Fsp3) is 0.387. The SMILES string of the molecule is Cc1ccc(C(OC(=O)C(N)Cc2ccccc2)c2ccc(OCCCCC[N+](C)(C)C)cc2)cc1. The number of aryl methyl sites for hydroxylation is 1. The Hall–Kier alpha value is -3.15. The molecule has 0 heterocycles. The summed E-state index contributed by atoms with van der Waals surface area (Å²) in [6.45, 7) is 3.90. The average Bonchev–Trinajstić information content (AvgIpc) is 2.85. The molecule has 0 aliphatic heterocycles. The summed E-state index contributed by atoms with van der Waals surface area (Å²) in [5.74, 6) is 0.402. The van der Waals surface area contributed by atoms with Gasteiger partial charge in [0.1, 0.15) is 11.8 Å². The van der Waals surface area contributed by atoms with Crippen molar-refractivity contribution in [3.63, 3.8) is 0 Å². The Bertz CT molecular complexity index is 1060. The molecule has 0 bridgehead atoms. The molecule has 5 heteroatoms. The van der Waals surface area contributed by atoms with E-state index in [0.717, 1.165) is 45.3 Å². The van der Waals surface area contributed by atoms with Crippen LogP contribution in [0.15, 0.2) is 78.9 Å². The second kappa shape index (κ2) is 13.2. The Labute approximate surface area is 216 Å². The fourth-order valence-corrected chi connectivity index (χ4v) is 4.02. The van der Waals surface area contributed by atoms with E-state index in [1.54, 1.807) is 0 Å². The van der Waals surface area contributed by atoms with Crippen LogP contribution in [0.3, 0.4) is 0 Å². The van der Waals surface area contributed by atoms with Crippen molar-refractivity contribution >= 4 is 5.97 Å². The number of quaternary nitrogens is 1. The molecule has 2 unspecified atom stereocenters. The maximum absolute atomic E-state index is 13.0. The van der Waals surface area contributed by atoms with Crippen molar-refractivity contribution in [3.05, 3.63) is 101 Å². The minimum Gasteiger partial charge on any atom is -0.494 e. The largest absolute Gasteiger partial charge is 0.494 e. The number of carbonyl (C=O) groups is 1. The summed E-state index contributed by atoms with van der Waals surface area (Å²) in [6, 6.07) is 24.9. The monoisotopic (exact) mass is 489 g/mol. The first-order valence-corrected chi connectivity index (χ1v) is 12.8. The summed E-state index contributed by atoms with van der Waals surface area (Å²) in [5.41, 5.74) is 10.2. The zero-order valence-electron chi connectivity index (χ0n) is 22.2. The van der Waals surface area contributed by atoms with Crippen LogP contribution in [0.4, 0.5) is 0 Å². The number of hydrogen-bond acceptors (Lipinski definition) is 4. The minimum absolute atomic E-state index is 0.418. The standard InChI is InChI=1S/C31H41N2O3/c1-24-13-15-26(16-14-24)30(36-31(34)29(32)23-25-11-7-5-8-12-25)27-17-19-28(20-18-27)35-22-10-6-9-21-33(2,3)4/h5,7-8,11-20,29-30H,6,9-10,21-23,32H2,1-4H3/q+1. The van der Waals surface area contributed by atoms with Crippen LogP contribution < -0.4 is 10.5 Å². The van der Waals surface area contributed by atoms with Gasteiger partial charge in [0.05, 0.1) is 34.3 Å². The van der Waals surface area contributed by atoms with Gasteiger partial charge in [0.25, 0.3) is 0 Å². The van der Waals surface area contributed by atoms with Gasteiger partial charge in [-0.05, 0) is 61.4 Å². The normalized spacial score (nSPS) is 13.1. The molecule has 3 aromatic rings. The number of benzene rings is 3. The van der Waals surface area contributed by atoms with Crippen molar-refractivity contribution in [1.82, 2.24) is 0 Å². The van der Waals surface area contributed by atoms with E-state index < -0.39 is 18.1 Å². The van der Waals surface area contributed by atoms with E-state index in [-0.39, 0.29) is 0 Å². The lowest BCUT2D eigenvalue weighted by atomic mass is 10.00. The highest BCUT2D eigenvalue weighted by molar-refractivity contribution is 5.76. The van der Waals surface area contributed by atoms with E-state index in [1.165, 1.54) is 13.0 Å². The molecule has 0 saturated carbocycles. The Balaban J connectivity index is 1.62. The minimum atomic E-state index is -0.736. The molecular formula is C31H41N2O3+. The van der Waals surface area contributed by atoms with Crippen molar-refractivity contribution in [2.24, 2.45) is 5.73 Å². The van der Waals surface area contributed by atoms with Crippen molar-refractivity contribution in [1.29, 1.82) is 0 Å². The van der Waals surface area contributed by atoms with Gasteiger partial charge in [-0.15, -0.1) is 0 Å². The van der Waals surface area contributed by atoms with E-state index in [1.807, 2.05) is 85.8 Å². The summed E-state index contributed by atoms with van der Waals surface area (Å²) in [7, 11) is 6.66. The molecule has 36 heavy (non-hydrogen) atoms. The van der Waals surface area contributed by atoms with Gasteiger partial charge >= 0.3 is 5.97 Å². The molecule has 3 aromatic carbocycles. The summed E-state index contributed by atoms with van der Waals surface area (Å²) in [6.07, 6.45) is 3.28. The number of esters is 1. The molecule has 0 radical (unpaired) electrons. The van der Waals surface area contributed by atoms with Crippen molar-refractivity contribution in [2.45, 2.75) is 44.8 Å². The average molecular weight is 490 g/mol. The third-order valence-electron chi connectivity index (χ3n) is 6.14. The molecule has 0 saturated heterocycles. The highest BCUT2D eigenvalue weighted by Gasteiger charge is 2.23. The molecule has 2 atom stereocenters. The van der Waals surface area contributed by atoms with Gasteiger partial charge in [0, 0.05) is 0 Å². The van der Waals surface area contributed by atoms with Crippen LogP contribution in [0.25, 0.3) is 0 Å². The molecule has 192 valence electrons. The predicted molar refractivity (Wildman–Crippen MR) is 146 cm³/mol. The first kappa shape index (κ1) is 27.4. The smallest absolute Gasteiger partial charge is 0.324 e. The van der Waals surface area contributed by atoms with E-state index >= 15 is 0 Å². The predicted octanol–water partition coefficient (Wildman–Crippen LogP) is 5.45. The number of carbonyl (C=O) groups excluding carboxylic acids is 1. The Morgan fingerprint density at radius 2 is 1.44 bits per heavy atom. The van der Waals surface area contributed by atoms with Crippen LogP contribution in [0, 0.1) is 6.92 Å². The van der Waals surface area contributed by atoms with Gasteiger partial charge in [-0.25, -0.2) is 0 Å². The van der Waals surface area contributed by atoms with Gasteiger partial charge in [-0.2, -0.15) is 0 Å². The van der Waals surface area contributed by atoms with Crippen LogP contribution in [-0.4, -0.2) is 50.8 Å². The third kappa shape index (κ3) is 9.14. The van der Waals surface area contributed by atoms with Crippen molar-refractivity contribution in [2.75, 3.05) is 34.3 Å². The van der Waals surface area contributed by atoms with Crippen LogP contribution >= 0.6 is 0 Å². The van der Waals surface area contributed by atoms with Gasteiger partial charge < -0.3 is 19.7 Å². The summed E-state index contributed by atoms with van der Waals surface area (Å²) >= 11 is 0. The van der Waals surface area contributed by atoms with E-state index in [0.29, 0.717) is 13.0 Å². The van der Waals surface area contributed by atoms with Gasteiger partial charge in [-0.1, -0.05) is 72.3 Å². The number of nitrogens with two attached hydrogens (primary N) is 1. The molecule has 2 N–H and O–H groups in total. The molecular weight excluding hydrogens is 448 g/mol. The lowest BCUT2D eigenvalue weighted by Gasteiger charge is -2.23. The van der Waals surface area contributed by atoms with E-state index in [9.17, 15) is 4.79 Å². The first-order chi connectivity index (χ1) is 17.2. The molecule has 3 rings (SSSR count). The molecule has 0 spiro atoms. The number of hydrogen-bond donors (Lipinski definition) is 1. The molecule has 5 nitrogen and oxygen atoms in total. The molecule has 0 aliphatic carbocycles. The molecule has 0 aromatic heterocycles.